The van der Waals surface area contributed by atoms with Crippen molar-refractivity contribution < 1.29 is 12.8 Å². The normalized spacial score (nSPS) is 15.7. The molecule has 4 rings (SSSR count). The molecule has 0 amide bonds. The number of thiazole rings is 1. The van der Waals surface area contributed by atoms with E-state index < -0.39 is 15.8 Å². The van der Waals surface area contributed by atoms with Crippen LogP contribution in [0.1, 0.15) is 5.56 Å². The number of sulfonamides is 1. The van der Waals surface area contributed by atoms with Crippen LogP contribution in [0.2, 0.25) is 0 Å². The van der Waals surface area contributed by atoms with Crippen LogP contribution < -0.4 is 4.90 Å². The van der Waals surface area contributed by atoms with Gasteiger partial charge in [-0.1, -0.05) is 29.8 Å². The Morgan fingerprint density at radius 1 is 1.04 bits per heavy atom. The van der Waals surface area contributed by atoms with Gasteiger partial charge in [-0.2, -0.15) is 4.31 Å². The van der Waals surface area contributed by atoms with Crippen LogP contribution in [0.4, 0.5) is 9.52 Å². The van der Waals surface area contributed by atoms with E-state index in [4.69, 9.17) is 4.98 Å². The van der Waals surface area contributed by atoms with E-state index in [0.29, 0.717) is 26.2 Å². The second kappa shape index (κ2) is 7.62. The second-order valence-corrected chi connectivity index (χ2v) is 9.51. The highest BCUT2D eigenvalue weighted by molar-refractivity contribution is 7.89. The van der Waals surface area contributed by atoms with Crippen molar-refractivity contribution in [2.75, 3.05) is 31.1 Å². The van der Waals surface area contributed by atoms with E-state index in [1.165, 1.54) is 28.1 Å². The summed E-state index contributed by atoms with van der Waals surface area (Å²) in [6.07, 6.45) is 0. The van der Waals surface area contributed by atoms with Crippen molar-refractivity contribution in [1.82, 2.24) is 9.29 Å². The first-order chi connectivity index (χ1) is 13.4. The largest absolute Gasteiger partial charge is 0.345 e. The van der Waals surface area contributed by atoms with Gasteiger partial charge in [-0.3, -0.25) is 0 Å². The van der Waals surface area contributed by atoms with Gasteiger partial charge in [0.25, 0.3) is 0 Å². The van der Waals surface area contributed by atoms with E-state index in [1.54, 1.807) is 11.3 Å². The molecule has 0 saturated carbocycles. The van der Waals surface area contributed by atoms with Crippen molar-refractivity contribution in [2.24, 2.45) is 0 Å². The predicted molar refractivity (Wildman–Crippen MR) is 110 cm³/mol. The van der Waals surface area contributed by atoms with Crippen LogP contribution in [-0.4, -0.2) is 43.9 Å². The van der Waals surface area contributed by atoms with Gasteiger partial charge in [-0.05, 0) is 31.2 Å². The van der Waals surface area contributed by atoms with Crippen LogP contribution >= 0.6 is 11.3 Å². The van der Waals surface area contributed by atoms with Crippen LogP contribution in [-0.2, 0) is 10.0 Å². The molecule has 0 radical (unpaired) electrons. The zero-order chi connectivity index (χ0) is 19.7. The summed E-state index contributed by atoms with van der Waals surface area (Å²) in [4.78, 5) is 6.83. The van der Waals surface area contributed by atoms with E-state index in [2.05, 4.69) is 24.0 Å². The van der Waals surface area contributed by atoms with Gasteiger partial charge in [0.05, 0.1) is 10.6 Å². The molecule has 1 aromatic heterocycles. The lowest BCUT2D eigenvalue weighted by Gasteiger charge is -2.33. The lowest BCUT2D eigenvalue weighted by atomic mass is 10.1. The molecular weight excluding hydrogens is 397 g/mol. The van der Waals surface area contributed by atoms with Crippen LogP contribution in [0.3, 0.4) is 0 Å². The molecule has 3 aromatic rings. The summed E-state index contributed by atoms with van der Waals surface area (Å²) in [7, 11) is -3.68. The number of rotatable bonds is 4. The maximum absolute atomic E-state index is 13.4. The van der Waals surface area contributed by atoms with E-state index in [-0.39, 0.29) is 4.90 Å². The fourth-order valence-corrected chi connectivity index (χ4v) is 5.59. The highest BCUT2D eigenvalue weighted by Gasteiger charge is 2.29. The number of aromatic nitrogens is 1. The lowest BCUT2D eigenvalue weighted by molar-refractivity contribution is 0.384. The smallest absolute Gasteiger partial charge is 0.243 e. The average Bonchev–Trinajstić information content (AvgIpc) is 3.18. The van der Waals surface area contributed by atoms with Crippen LogP contribution in [0.5, 0.6) is 0 Å². The topological polar surface area (TPSA) is 53.5 Å². The molecule has 1 aliphatic rings. The molecule has 0 atom stereocenters. The van der Waals surface area contributed by atoms with Crippen molar-refractivity contribution in [3.05, 3.63) is 65.3 Å². The third-order valence-electron chi connectivity index (χ3n) is 4.75. The van der Waals surface area contributed by atoms with Crippen molar-refractivity contribution >= 4 is 26.5 Å². The Balaban J connectivity index is 1.46. The zero-order valence-electron chi connectivity index (χ0n) is 15.4. The Labute approximate surface area is 168 Å². The summed E-state index contributed by atoms with van der Waals surface area (Å²) < 4.78 is 40.3. The maximum atomic E-state index is 13.4. The minimum Gasteiger partial charge on any atom is -0.345 e. The minimum absolute atomic E-state index is 0.00284. The van der Waals surface area contributed by atoms with E-state index in [9.17, 15) is 12.8 Å². The van der Waals surface area contributed by atoms with Gasteiger partial charge in [-0.25, -0.2) is 17.8 Å². The fourth-order valence-electron chi connectivity index (χ4n) is 3.24. The van der Waals surface area contributed by atoms with E-state index in [0.717, 1.165) is 22.5 Å². The molecule has 0 aliphatic carbocycles. The number of benzene rings is 2. The summed E-state index contributed by atoms with van der Waals surface area (Å²) in [5.41, 5.74) is 3.19. The molecule has 2 aromatic carbocycles. The Morgan fingerprint density at radius 3 is 2.50 bits per heavy atom. The number of hydrogen-bond donors (Lipinski definition) is 0. The molecule has 0 unspecified atom stereocenters. The Morgan fingerprint density at radius 2 is 1.79 bits per heavy atom. The third kappa shape index (κ3) is 3.80. The first-order valence-electron chi connectivity index (χ1n) is 8.97. The quantitative estimate of drug-likeness (QED) is 0.649. The molecular formula is C20H20FN3O2S2. The van der Waals surface area contributed by atoms with Crippen LogP contribution in [0.15, 0.2) is 58.8 Å². The number of halogens is 1. The summed E-state index contributed by atoms with van der Waals surface area (Å²) in [6.45, 7) is 3.84. The first kappa shape index (κ1) is 19.0. The van der Waals surface area contributed by atoms with E-state index >= 15 is 0 Å². The summed E-state index contributed by atoms with van der Waals surface area (Å²) >= 11 is 1.56. The van der Waals surface area contributed by atoms with Gasteiger partial charge in [0, 0.05) is 37.1 Å². The van der Waals surface area contributed by atoms with Crippen molar-refractivity contribution in [3.63, 3.8) is 0 Å². The summed E-state index contributed by atoms with van der Waals surface area (Å²) in [6, 6.07) is 13.4. The van der Waals surface area contributed by atoms with Crippen LogP contribution in [0.25, 0.3) is 11.3 Å². The second-order valence-electron chi connectivity index (χ2n) is 6.73. The highest BCUT2D eigenvalue weighted by Crippen LogP contribution is 2.29. The Bertz CT molecular complexity index is 1090. The lowest BCUT2D eigenvalue weighted by Crippen LogP contribution is -2.48. The van der Waals surface area contributed by atoms with Gasteiger partial charge in [0.1, 0.15) is 5.82 Å². The van der Waals surface area contributed by atoms with Gasteiger partial charge in [0.2, 0.25) is 10.0 Å². The third-order valence-corrected chi connectivity index (χ3v) is 7.54. The Hall–Kier alpha value is -2.29. The maximum Gasteiger partial charge on any atom is 0.243 e. The number of hydrogen-bond acceptors (Lipinski definition) is 5. The van der Waals surface area contributed by atoms with Gasteiger partial charge < -0.3 is 4.90 Å². The number of nitrogens with zero attached hydrogens (tertiary/aromatic N) is 3. The first-order valence-corrected chi connectivity index (χ1v) is 11.3. The van der Waals surface area contributed by atoms with Crippen LogP contribution in [0, 0.1) is 12.7 Å². The molecule has 0 N–H and O–H groups in total. The monoisotopic (exact) mass is 417 g/mol. The number of piperazine rings is 1. The SMILES string of the molecule is Cc1cccc(-c2csc(N3CCN(S(=O)(=O)c4cccc(F)c4)CC3)n2)c1. The molecule has 28 heavy (non-hydrogen) atoms. The van der Waals surface area contributed by atoms with Gasteiger partial charge >= 0.3 is 0 Å². The molecule has 1 saturated heterocycles. The highest BCUT2D eigenvalue weighted by atomic mass is 32.2. The molecule has 1 fully saturated rings. The molecule has 1 aliphatic heterocycles. The van der Waals surface area contributed by atoms with Crippen molar-refractivity contribution in [2.45, 2.75) is 11.8 Å². The molecule has 2 heterocycles. The minimum atomic E-state index is -3.68. The molecule has 0 spiro atoms. The average molecular weight is 418 g/mol. The molecule has 5 nitrogen and oxygen atoms in total. The Kier molecular flexibility index (Phi) is 5.18. The van der Waals surface area contributed by atoms with Gasteiger partial charge in [-0.15, -0.1) is 11.3 Å². The zero-order valence-corrected chi connectivity index (χ0v) is 17.0. The standard InChI is InChI=1S/C20H20FN3O2S2/c1-15-4-2-5-16(12-15)19-14-27-20(22-19)23-8-10-24(11-9-23)28(25,26)18-7-3-6-17(21)13-18/h2-7,12-14H,8-11H2,1H3. The van der Waals surface area contributed by atoms with Crippen molar-refractivity contribution in [1.29, 1.82) is 0 Å². The molecule has 8 heteroatoms. The summed E-state index contributed by atoms with van der Waals surface area (Å²) in [5.74, 6) is -0.550. The molecule has 146 valence electrons. The fraction of sp³-hybridized carbons (Fsp3) is 0.250. The predicted octanol–water partition coefficient (Wildman–Crippen LogP) is 3.77. The van der Waals surface area contributed by atoms with Crippen molar-refractivity contribution in [3.8, 4) is 11.3 Å². The number of anilines is 1. The summed E-state index contributed by atoms with van der Waals surface area (Å²) in [5, 5.41) is 2.92. The van der Waals surface area contributed by atoms with E-state index in [1.807, 2.05) is 17.5 Å². The van der Waals surface area contributed by atoms with Gasteiger partial charge in [0.15, 0.2) is 5.13 Å². The molecule has 0 bridgehead atoms. The number of aryl methyl sites for hydroxylation is 1.